The van der Waals surface area contributed by atoms with Gasteiger partial charge in [-0.2, -0.15) is 5.10 Å². The smallest absolute Gasteiger partial charge is 0.244 e. The van der Waals surface area contributed by atoms with Gasteiger partial charge in [-0.05, 0) is 19.3 Å². The van der Waals surface area contributed by atoms with Crippen molar-refractivity contribution >= 4 is 10.0 Å². The first-order valence-electron chi connectivity index (χ1n) is 6.35. The van der Waals surface area contributed by atoms with Crippen LogP contribution in [0.3, 0.4) is 0 Å². The van der Waals surface area contributed by atoms with Gasteiger partial charge in [0.2, 0.25) is 10.0 Å². The monoisotopic (exact) mass is 289 g/mol. The summed E-state index contributed by atoms with van der Waals surface area (Å²) in [6.45, 7) is 1.66. The Balaban J connectivity index is 1.99. The molecule has 1 unspecified atom stereocenters. The Morgan fingerprint density at radius 1 is 1.58 bits per heavy atom. The molecule has 1 aromatic heterocycles. The first kappa shape index (κ1) is 14.4. The molecule has 0 spiro atoms. The number of hydrogen-bond donors (Lipinski definition) is 2. The Hall–Kier alpha value is -0.960. The molecule has 0 bridgehead atoms. The zero-order valence-corrected chi connectivity index (χ0v) is 11.5. The van der Waals surface area contributed by atoms with E-state index >= 15 is 0 Å². The van der Waals surface area contributed by atoms with Crippen molar-refractivity contribution in [2.45, 2.75) is 36.7 Å². The van der Waals surface area contributed by atoms with Crippen LogP contribution in [0.5, 0.6) is 0 Å². The van der Waals surface area contributed by atoms with Gasteiger partial charge in [-0.25, -0.2) is 13.1 Å². The molecule has 2 N–H and O–H groups in total. The number of aryl methyl sites for hydroxylation is 1. The van der Waals surface area contributed by atoms with Crippen LogP contribution in [0.15, 0.2) is 17.3 Å². The highest BCUT2D eigenvalue weighted by Gasteiger charge is 2.23. The fourth-order valence-electron chi connectivity index (χ4n) is 1.96. The molecule has 19 heavy (non-hydrogen) atoms. The average Bonchev–Trinajstić information content (AvgIpc) is 2.86. The molecule has 108 valence electrons. The van der Waals surface area contributed by atoms with E-state index in [-0.39, 0.29) is 17.5 Å². The first-order chi connectivity index (χ1) is 9.12. The maximum absolute atomic E-state index is 12.1. The molecule has 0 aromatic carbocycles. The van der Waals surface area contributed by atoms with Gasteiger partial charge in [0.1, 0.15) is 4.90 Å². The van der Waals surface area contributed by atoms with E-state index < -0.39 is 10.0 Å². The van der Waals surface area contributed by atoms with Crippen LogP contribution in [0.4, 0.5) is 0 Å². The minimum atomic E-state index is -3.54. The van der Waals surface area contributed by atoms with Gasteiger partial charge in [-0.3, -0.25) is 4.68 Å². The van der Waals surface area contributed by atoms with Gasteiger partial charge in [0.05, 0.1) is 12.8 Å². The molecule has 1 fully saturated rings. The SMILES string of the molecule is O=S(=O)(NC1CCCOC1)c1cnn(CCCO)c1. The summed E-state index contributed by atoms with van der Waals surface area (Å²) >= 11 is 0. The summed E-state index contributed by atoms with van der Waals surface area (Å²) in [5, 5.41) is 12.7. The Morgan fingerprint density at radius 2 is 2.42 bits per heavy atom. The van der Waals surface area contributed by atoms with E-state index in [4.69, 9.17) is 9.84 Å². The number of rotatable bonds is 6. The maximum atomic E-state index is 12.1. The second-order valence-electron chi connectivity index (χ2n) is 4.55. The predicted molar refractivity (Wildman–Crippen MR) is 68.1 cm³/mol. The lowest BCUT2D eigenvalue weighted by Crippen LogP contribution is -2.40. The second-order valence-corrected chi connectivity index (χ2v) is 6.27. The van der Waals surface area contributed by atoms with Crippen LogP contribution in [0.25, 0.3) is 0 Å². The molecule has 0 radical (unpaired) electrons. The van der Waals surface area contributed by atoms with Crippen LogP contribution in [0, 0.1) is 0 Å². The minimum Gasteiger partial charge on any atom is -0.396 e. The molecule has 0 amide bonds. The Kier molecular flexibility index (Phi) is 4.92. The number of nitrogens with zero attached hydrogens (tertiary/aromatic N) is 2. The summed E-state index contributed by atoms with van der Waals surface area (Å²) in [4.78, 5) is 0.149. The topological polar surface area (TPSA) is 93.5 Å². The highest BCUT2D eigenvalue weighted by Crippen LogP contribution is 2.12. The van der Waals surface area contributed by atoms with Crippen LogP contribution in [-0.4, -0.2) is 49.2 Å². The van der Waals surface area contributed by atoms with Crippen LogP contribution in [0.1, 0.15) is 19.3 Å². The lowest BCUT2D eigenvalue weighted by Gasteiger charge is -2.22. The third-order valence-corrected chi connectivity index (χ3v) is 4.42. The quantitative estimate of drug-likeness (QED) is 0.751. The van der Waals surface area contributed by atoms with Crippen molar-refractivity contribution in [1.29, 1.82) is 0 Å². The minimum absolute atomic E-state index is 0.0552. The lowest BCUT2D eigenvalue weighted by molar-refractivity contribution is 0.0774. The van der Waals surface area contributed by atoms with Crippen molar-refractivity contribution < 1.29 is 18.3 Å². The second kappa shape index (κ2) is 6.47. The summed E-state index contributed by atoms with van der Waals surface area (Å²) in [6, 6.07) is -0.167. The molecule has 1 aliphatic rings. The number of ether oxygens (including phenoxy) is 1. The van der Waals surface area contributed by atoms with Gasteiger partial charge < -0.3 is 9.84 Å². The number of aliphatic hydroxyl groups is 1. The molecule has 1 atom stereocenters. The standard InChI is InChI=1S/C11H19N3O4S/c15-5-2-4-14-8-11(7-12-14)19(16,17)13-10-3-1-6-18-9-10/h7-8,10,13,15H,1-6,9H2. The molecule has 1 aromatic rings. The normalized spacial score (nSPS) is 20.6. The maximum Gasteiger partial charge on any atom is 0.244 e. The van der Waals surface area contributed by atoms with Crippen molar-refractivity contribution in [2.24, 2.45) is 0 Å². The van der Waals surface area contributed by atoms with Gasteiger partial charge in [-0.1, -0.05) is 0 Å². The van der Waals surface area contributed by atoms with Crippen molar-refractivity contribution in [2.75, 3.05) is 19.8 Å². The number of sulfonamides is 1. The highest BCUT2D eigenvalue weighted by molar-refractivity contribution is 7.89. The third-order valence-electron chi connectivity index (χ3n) is 2.95. The van der Waals surface area contributed by atoms with Gasteiger partial charge in [0.15, 0.2) is 0 Å². The van der Waals surface area contributed by atoms with E-state index in [0.29, 0.717) is 26.2 Å². The van der Waals surface area contributed by atoms with Gasteiger partial charge in [0, 0.05) is 32.0 Å². The van der Waals surface area contributed by atoms with E-state index in [9.17, 15) is 8.42 Å². The molecular formula is C11H19N3O4S. The summed E-state index contributed by atoms with van der Waals surface area (Å²) < 4.78 is 33.6. The van der Waals surface area contributed by atoms with Crippen molar-refractivity contribution in [3.63, 3.8) is 0 Å². The fraction of sp³-hybridized carbons (Fsp3) is 0.727. The summed E-state index contributed by atoms with van der Waals surface area (Å²) in [7, 11) is -3.54. The van der Waals surface area contributed by atoms with Gasteiger partial charge in [0.25, 0.3) is 0 Å². The van der Waals surface area contributed by atoms with E-state index in [1.54, 1.807) is 0 Å². The highest BCUT2D eigenvalue weighted by atomic mass is 32.2. The zero-order valence-electron chi connectivity index (χ0n) is 10.7. The Bertz CT molecular complexity index is 494. The Labute approximate surface area is 112 Å². The van der Waals surface area contributed by atoms with Crippen molar-refractivity contribution in [3.8, 4) is 0 Å². The number of aromatic nitrogens is 2. The first-order valence-corrected chi connectivity index (χ1v) is 7.83. The molecular weight excluding hydrogens is 270 g/mol. The molecule has 7 nitrogen and oxygen atoms in total. The predicted octanol–water partition coefficient (Wildman–Crippen LogP) is -0.277. The largest absolute Gasteiger partial charge is 0.396 e. The van der Waals surface area contributed by atoms with Crippen LogP contribution < -0.4 is 4.72 Å². The summed E-state index contributed by atoms with van der Waals surface area (Å²) in [5.41, 5.74) is 0. The number of aliphatic hydroxyl groups excluding tert-OH is 1. The van der Waals surface area contributed by atoms with E-state index in [1.807, 2.05) is 0 Å². The van der Waals surface area contributed by atoms with Crippen LogP contribution in [0.2, 0.25) is 0 Å². The Morgan fingerprint density at radius 3 is 3.11 bits per heavy atom. The third kappa shape index (κ3) is 4.00. The molecule has 2 heterocycles. The molecule has 0 aliphatic carbocycles. The van der Waals surface area contributed by atoms with E-state index in [1.165, 1.54) is 17.1 Å². The number of nitrogens with one attached hydrogen (secondary N) is 1. The van der Waals surface area contributed by atoms with E-state index in [0.717, 1.165) is 12.8 Å². The van der Waals surface area contributed by atoms with Crippen molar-refractivity contribution in [3.05, 3.63) is 12.4 Å². The zero-order chi connectivity index (χ0) is 13.7. The molecule has 0 saturated carbocycles. The van der Waals surface area contributed by atoms with Crippen LogP contribution >= 0.6 is 0 Å². The summed E-state index contributed by atoms with van der Waals surface area (Å²) in [6.07, 6.45) is 5.00. The number of hydrogen-bond acceptors (Lipinski definition) is 5. The van der Waals surface area contributed by atoms with Gasteiger partial charge >= 0.3 is 0 Å². The van der Waals surface area contributed by atoms with Gasteiger partial charge in [-0.15, -0.1) is 0 Å². The lowest BCUT2D eigenvalue weighted by atomic mass is 10.1. The molecule has 1 aliphatic heterocycles. The molecule has 1 saturated heterocycles. The average molecular weight is 289 g/mol. The summed E-state index contributed by atoms with van der Waals surface area (Å²) in [5.74, 6) is 0. The molecule has 8 heteroatoms. The fourth-order valence-corrected chi connectivity index (χ4v) is 3.17. The molecule has 2 rings (SSSR count). The van der Waals surface area contributed by atoms with Crippen molar-refractivity contribution in [1.82, 2.24) is 14.5 Å². The van der Waals surface area contributed by atoms with E-state index in [2.05, 4.69) is 9.82 Å². The van der Waals surface area contributed by atoms with Crippen LogP contribution in [-0.2, 0) is 21.3 Å².